The first-order valence-corrected chi connectivity index (χ1v) is 11.0. The highest BCUT2D eigenvalue weighted by molar-refractivity contribution is 6.35. The van der Waals surface area contributed by atoms with Gasteiger partial charge in [-0.25, -0.2) is 9.69 Å². The topological polar surface area (TPSA) is 111 Å². The molecule has 4 rings (SSSR count). The highest BCUT2D eigenvalue weighted by Gasteiger charge is 2.38. The molecule has 0 atom stereocenters. The summed E-state index contributed by atoms with van der Waals surface area (Å²) in [5, 5.41) is 2.60. The molecular formula is C27H24N2O7. The Morgan fingerprint density at radius 2 is 1.50 bits per heavy atom. The Hall–Kier alpha value is -4.66. The van der Waals surface area contributed by atoms with Gasteiger partial charge in [0, 0.05) is 23.9 Å². The maximum atomic E-state index is 13.1. The van der Waals surface area contributed by atoms with E-state index < -0.39 is 30.3 Å². The van der Waals surface area contributed by atoms with Gasteiger partial charge in [-0.1, -0.05) is 12.1 Å². The van der Waals surface area contributed by atoms with Crippen LogP contribution in [-0.2, 0) is 9.53 Å². The highest BCUT2D eigenvalue weighted by Crippen LogP contribution is 2.32. The zero-order chi connectivity index (χ0) is 26.0. The fourth-order valence-electron chi connectivity index (χ4n) is 3.84. The number of carbonyl (C=O) groups excluding carboxylic acids is 4. The van der Waals surface area contributed by atoms with Crippen molar-refractivity contribution >= 4 is 35.1 Å². The molecule has 0 unspecified atom stereocenters. The number of fused-ring (bicyclic) bond motifs is 1. The van der Waals surface area contributed by atoms with Gasteiger partial charge in [-0.05, 0) is 49.2 Å². The van der Waals surface area contributed by atoms with Crippen LogP contribution in [-0.4, -0.2) is 44.5 Å². The van der Waals surface area contributed by atoms with Gasteiger partial charge in [0.1, 0.15) is 11.5 Å². The SMILES string of the molecule is COc1cc(NC(=O)COC(=O)c2ccc3c(c2)C(=O)N(c2cc(C)ccc2C)C3=O)cc(OC)c1. The lowest BCUT2D eigenvalue weighted by Crippen LogP contribution is -2.30. The summed E-state index contributed by atoms with van der Waals surface area (Å²) in [7, 11) is 2.97. The number of hydrogen-bond acceptors (Lipinski definition) is 7. The number of esters is 1. The van der Waals surface area contributed by atoms with Crippen molar-refractivity contribution in [1.29, 1.82) is 0 Å². The minimum Gasteiger partial charge on any atom is -0.497 e. The third kappa shape index (κ3) is 4.76. The normalized spacial score (nSPS) is 12.3. The molecule has 1 N–H and O–H groups in total. The van der Waals surface area contributed by atoms with Gasteiger partial charge in [-0.15, -0.1) is 0 Å². The second-order valence-electron chi connectivity index (χ2n) is 8.22. The van der Waals surface area contributed by atoms with E-state index in [0.717, 1.165) is 16.0 Å². The van der Waals surface area contributed by atoms with Gasteiger partial charge in [0.05, 0.1) is 36.6 Å². The molecule has 9 nitrogen and oxygen atoms in total. The van der Waals surface area contributed by atoms with Crippen molar-refractivity contribution in [3.05, 3.63) is 82.4 Å². The molecule has 0 aliphatic carbocycles. The second kappa shape index (κ2) is 9.91. The van der Waals surface area contributed by atoms with Gasteiger partial charge < -0.3 is 19.5 Å². The van der Waals surface area contributed by atoms with Crippen LogP contribution in [0.5, 0.6) is 11.5 Å². The fraction of sp³-hybridized carbons (Fsp3) is 0.185. The average Bonchev–Trinajstić information content (AvgIpc) is 3.12. The molecular weight excluding hydrogens is 464 g/mol. The minimum absolute atomic E-state index is 0.0496. The summed E-state index contributed by atoms with van der Waals surface area (Å²) in [5.74, 6) is -1.41. The van der Waals surface area contributed by atoms with Gasteiger partial charge in [-0.3, -0.25) is 14.4 Å². The van der Waals surface area contributed by atoms with Crippen molar-refractivity contribution in [2.75, 3.05) is 31.0 Å². The lowest BCUT2D eigenvalue weighted by molar-refractivity contribution is -0.119. The molecule has 0 saturated heterocycles. The van der Waals surface area contributed by atoms with Gasteiger partial charge >= 0.3 is 5.97 Å². The fourth-order valence-corrected chi connectivity index (χ4v) is 3.84. The summed E-state index contributed by atoms with van der Waals surface area (Å²) < 4.78 is 15.4. The van der Waals surface area contributed by atoms with E-state index in [2.05, 4.69) is 5.32 Å². The lowest BCUT2D eigenvalue weighted by atomic mass is 10.1. The number of methoxy groups -OCH3 is 2. The molecule has 0 bridgehead atoms. The smallest absolute Gasteiger partial charge is 0.338 e. The van der Waals surface area contributed by atoms with Crippen LogP contribution < -0.4 is 19.7 Å². The maximum absolute atomic E-state index is 13.1. The number of imide groups is 1. The molecule has 0 radical (unpaired) electrons. The second-order valence-corrected chi connectivity index (χ2v) is 8.22. The number of amides is 3. The van der Waals surface area contributed by atoms with E-state index in [-0.39, 0.29) is 16.7 Å². The van der Waals surface area contributed by atoms with Crippen LogP contribution in [0.25, 0.3) is 0 Å². The van der Waals surface area contributed by atoms with Crippen LogP contribution in [0.15, 0.2) is 54.6 Å². The Morgan fingerprint density at radius 1 is 0.833 bits per heavy atom. The van der Waals surface area contributed by atoms with Gasteiger partial charge in [0.2, 0.25) is 0 Å². The monoisotopic (exact) mass is 488 g/mol. The van der Waals surface area contributed by atoms with Crippen LogP contribution >= 0.6 is 0 Å². The summed E-state index contributed by atoms with van der Waals surface area (Å²) in [5.41, 5.74) is 2.92. The average molecular weight is 488 g/mol. The van der Waals surface area contributed by atoms with Crippen molar-refractivity contribution < 1.29 is 33.4 Å². The molecule has 3 aromatic rings. The van der Waals surface area contributed by atoms with E-state index in [1.54, 1.807) is 24.3 Å². The number of anilines is 2. The van der Waals surface area contributed by atoms with Crippen LogP contribution in [0, 0.1) is 13.8 Å². The summed E-state index contributed by atoms with van der Waals surface area (Å²) in [6.07, 6.45) is 0. The minimum atomic E-state index is -0.804. The molecule has 9 heteroatoms. The summed E-state index contributed by atoms with van der Waals surface area (Å²) in [6.45, 7) is 3.13. The molecule has 0 spiro atoms. The molecule has 1 aliphatic heterocycles. The number of ether oxygens (including phenoxy) is 3. The van der Waals surface area contributed by atoms with E-state index >= 15 is 0 Å². The highest BCUT2D eigenvalue weighted by atomic mass is 16.5. The molecule has 0 aromatic heterocycles. The number of benzene rings is 3. The number of carbonyl (C=O) groups is 4. The van der Waals surface area contributed by atoms with Crippen molar-refractivity contribution in [3.8, 4) is 11.5 Å². The zero-order valence-electron chi connectivity index (χ0n) is 20.2. The van der Waals surface area contributed by atoms with Crippen LogP contribution in [0.2, 0.25) is 0 Å². The number of nitrogens with one attached hydrogen (secondary N) is 1. The lowest BCUT2D eigenvalue weighted by Gasteiger charge is -2.17. The van der Waals surface area contributed by atoms with Crippen molar-refractivity contribution in [2.24, 2.45) is 0 Å². The largest absolute Gasteiger partial charge is 0.497 e. The van der Waals surface area contributed by atoms with Crippen LogP contribution in [0.3, 0.4) is 0 Å². The molecule has 0 fully saturated rings. The van der Waals surface area contributed by atoms with Crippen LogP contribution in [0.4, 0.5) is 11.4 Å². The molecule has 184 valence electrons. The first kappa shape index (κ1) is 24.5. The molecule has 3 aromatic carbocycles. The van der Waals surface area contributed by atoms with Crippen molar-refractivity contribution in [1.82, 2.24) is 0 Å². The molecule has 1 heterocycles. The van der Waals surface area contributed by atoms with Crippen LogP contribution in [0.1, 0.15) is 42.2 Å². The van der Waals surface area contributed by atoms with E-state index in [4.69, 9.17) is 14.2 Å². The zero-order valence-corrected chi connectivity index (χ0v) is 20.2. The van der Waals surface area contributed by atoms with Gasteiger partial charge in [0.15, 0.2) is 6.61 Å². The number of rotatable bonds is 7. The number of nitrogens with zero attached hydrogens (tertiary/aromatic N) is 1. The predicted molar refractivity (Wildman–Crippen MR) is 132 cm³/mol. The molecule has 3 amide bonds. The first-order valence-electron chi connectivity index (χ1n) is 11.0. The third-order valence-corrected chi connectivity index (χ3v) is 5.70. The predicted octanol–water partition coefficient (Wildman–Crippen LogP) is 3.92. The molecule has 0 saturated carbocycles. The summed E-state index contributed by atoms with van der Waals surface area (Å²) in [4.78, 5) is 52.1. The number of aryl methyl sites for hydroxylation is 2. The third-order valence-electron chi connectivity index (χ3n) is 5.70. The Morgan fingerprint density at radius 3 is 2.17 bits per heavy atom. The first-order chi connectivity index (χ1) is 17.2. The standard InChI is InChI=1S/C27H24N2O7/c1-15-5-6-16(2)23(9-15)29-25(31)21-8-7-17(10-22(21)26(29)32)27(33)36-14-24(30)28-18-11-19(34-3)13-20(12-18)35-4/h5-13H,14H2,1-4H3,(H,28,30). The molecule has 1 aliphatic rings. The van der Waals surface area contributed by atoms with Crippen molar-refractivity contribution in [2.45, 2.75) is 13.8 Å². The Kier molecular flexibility index (Phi) is 6.73. The van der Waals surface area contributed by atoms with E-state index in [0.29, 0.717) is 22.9 Å². The summed E-state index contributed by atoms with van der Waals surface area (Å²) >= 11 is 0. The van der Waals surface area contributed by atoms with Gasteiger partial charge in [0.25, 0.3) is 17.7 Å². The quantitative estimate of drug-likeness (QED) is 0.396. The molecule has 36 heavy (non-hydrogen) atoms. The maximum Gasteiger partial charge on any atom is 0.338 e. The van der Waals surface area contributed by atoms with E-state index in [1.165, 1.54) is 32.4 Å². The Bertz CT molecular complexity index is 1370. The van der Waals surface area contributed by atoms with E-state index in [9.17, 15) is 19.2 Å². The van der Waals surface area contributed by atoms with E-state index in [1.807, 2.05) is 26.0 Å². The van der Waals surface area contributed by atoms with Gasteiger partial charge in [-0.2, -0.15) is 0 Å². The Balaban J connectivity index is 1.46. The van der Waals surface area contributed by atoms with Crippen molar-refractivity contribution in [3.63, 3.8) is 0 Å². The Labute approximate surface area is 207 Å². The summed E-state index contributed by atoms with van der Waals surface area (Å²) in [6, 6.07) is 14.5. The number of hydrogen-bond donors (Lipinski definition) is 1.